The Morgan fingerprint density at radius 3 is 0.936 bits per heavy atom. The fraction of sp³-hybridized carbons (Fsp3) is 0. The zero-order valence-corrected chi connectivity index (χ0v) is 42.8. The van der Waals surface area contributed by atoms with Crippen molar-refractivity contribution >= 4 is 96.3 Å². The van der Waals surface area contributed by atoms with E-state index in [-0.39, 0.29) is 0 Å². The fourth-order valence-corrected chi connectivity index (χ4v) is 19.6. The summed E-state index contributed by atoms with van der Waals surface area (Å²) in [6, 6.07) is 96.4. The molecule has 2 aliphatic heterocycles. The van der Waals surface area contributed by atoms with E-state index < -0.39 is 9.07 Å². The van der Waals surface area contributed by atoms with Crippen LogP contribution in [0.1, 0.15) is 0 Å². The van der Waals surface area contributed by atoms with E-state index >= 15 is 4.21 Å². The molecular formula is C72H44N4OS. The molecule has 4 aromatic heterocycles. The maximum absolute atomic E-state index is 18.7. The van der Waals surface area contributed by atoms with Crippen LogP contribution in [0.25, 0.3) is 132 Å². The Labute approximate surface area is 447 Å². The van der Waals surface area contributed by atoms with Crippen molar-refractivity contribution in [1.29, 1.82) is 0 Å². The first-order chi connectivity index (χ1) is 38.6. The summed E-state index contributed by atoms with van der Waals surface area (Å²) in [4.78, 5) is 3.39. The van der Waals surface area contributed by atoms with Gasteiger partial charge in [0.1, 0.15) is 0 Å². The van der Waals surface area contributed by atoms with E-state index in [1.807, 2.05) is 0 Å². The molecule has 0 amide bonds. The van der Waals surface area contributed by atoms with Gasteiger partial charge in [-0.05, 0) is 120 Å². The molecule has 5 nitrogen and oxygen atoms in total. The van der Waals surface area contributed by atoms with Crippen molar-refractivity contribution in [3.63, 3.8) is 0 Å². The molecule has 0 unspecified atom stereocenters. The molecule has 6 heterocycles. The number of fused-ring (bicyclic) bond motifs is 22. The summed E-state index contributed by atoms with van der Waals surface area (Å²) in [6.07, 6.45) is 0. The van der Waals surface area contributed by atoms with E-state index in [1.165, 1.54) is 21.5 Å². The molecule has 0 N–H and O–H groups in total. The van der Waals surface area contributed by atoms with Gasteiger partial charge in [-0.2, -0.15) is 0 Å². The van der Waals surface area contributed by atoms with Gasteiger partial charge in [-0.25, -0.2) is 0 Å². The van der Waals surface area contributed by atoms with Crippen LogP contribution in [0.15, 0.2) is 287 Å². The zero-order chi connectivity index (χ0) is 51.0. The lowest BCUT2D eigenvalue weighted by Gasteiger charge is -2.38. The van der Waals surface area contributed by atoms with Crippen LogP contribution >= 0.6 is 0 Å². The summed E-state index contributed by atoms with van der Waals surface area (Å²) in [5.74, 6) is 0. The van der Waals surface area contributed by atoms with Gasteiger partial charge in [0.15, 0.2) is 0 Å². The first-order valence-corrected chi connectivity index (χ1v) is 28.7. The molecule has 12 aromatic carbocycles. The minimum atomic E-state index is -4.38. The monoisotopic (exact) mass is 1010 g/mol. The second-order valence-electron chi connectivity index (χ2n) is 21.1. The summed E-state index contributed by atoms with van der Waals surface area (Å²) in [7, 11) is -4.38. The van der Waals surface area contributed by atoms with Crippen molar-refractivity contribution < 1.29 is 4.21 Å². The fourth-order valence-electron chi connectivity index (χ4n) is 14.4. The van der Waals surface area contributed by atoms with Gasteiger partial charge in [-0.1, -0.05) is 158 Å². The molecular weight excluding hydrogens is 969 g/mol. The SMILES string of the molecule is O=S12(c3ccccc3-c3ccccc31)c1cccc(-n3c4ccccc4c4cc5c6ccccc6n(-c6ccccc6)c5cc43)c1-c1c(-n3c4ccccc4c4cc5c6ccccc6n(-c6ccccc6)c5cc43)cccc12. The van der Waals surface area contributed by atoms with Crippen molar-refractivity contribution in [1.82, 2.24) is 18.3 Å². The average Bonchev–Trinajstić information content (AvgIpc) is 2.21. The molecule has 2 aliphatic rings. The Hall–Kier alpha value is -10.0. The Morgan fingerprint density at radius 2 is 0.538 bits per heavy atom. The van der Waals surface area contributed by atoms with Crippen LogP contribution < -0.4 is 0 Å². The first-order valence-electron chi connectivity index (χ1n) is 26.7. The van der Waals surface area contributed by atoms with E-state index in [0.717, 1.165) is 130 Å². The van der Waals surface area contributed by atoms with Gasteiger partial charge in [0.25, 0.3) is 0 Å². The van der Waals surface area contributed by atoms with Gasteiger partial charge in [-0.15, -0.1) is 0 Å². The molecule has 16 aromatic rings. The molecule has 1 spiro atoms. The summed E-state index contributed by atoms with van der Waals surface area (Å²) in [5.41, 5.74) is 17.1. The van der Waals surface area contributed by atoms with E-state index in [2.05, 4.69) is 285 Å². The quantitative estimate of drug-likeness (QED) is 0.173. The number of benzene rings is 12. The number of aromatic nitrogens is 4. The molecule has 364 valence electrons. The molecule has 0 fully saturated rings. The highest BCUT2D eigenvalue weighted by atomic mass is 32.3. The van der Waals surface area contributed by atoms with Crippen LogP contribution in [0.5, 0.6) is 0 Å². The van der Waals surface area contributed by atoms with Crippen molar-refractivity contribution in [2.45, 2.75) is 19.6 Å². The molecule has 0 aliphatic carbocycles. The largest absolute Gasteiger partial charge is 0.309 e. The van der Waals surface area contributed by atoms with Crippen LogP contribution in [0.4, 0.5) is 0 Å². The Morgan fingerprint density at radius 1 is 0.231 bits per heavy atom. The van der Waals surface area contributed by atoms with Gasteiger partial charge in [0.05, 0.1) is 55.5 Å². The van der Waals surface area contributed by atoms with Gasteiger partial charge in [0.2, 0.25) is 0 Å². The van der Waals surface area contributed by atoms with Crippen molar-refractivity contribution in [2.24, 2.45) is 0 Å². The molecule has 0 radical (unpaired) electrons. The van der Waals surface area contributed by atoms with Crippen molar-refractivity contribution in [2.75, 3.05) is 0 Å². The number of hydrogen-bond donors (Lipinski definition) is 0. The van der Waals surface area contributed by atoms with E-state index in [9.17, 15) is 0 Å². The zero-order valence-electron chi connectivity index (χ0n) is 42.0. The molecule has 78 heavy (non-hydrogen) atoms. The minimum absolute atomic E-state index is 0.835. The van der Waals surface area contributed by atoms with Gasteiger partial charge >= 0.3 is 0 Å². The van der Waals surface area contributed by atoms with E-state index in [1.54, 1.807) is 0 Å². The minimum Gasteiger partial charge on any atom is -0.309 e. The summed E-state index contributed by atoms with van der Waals surface area (Å²) in [6.45, 7) is 0. The van der Waals surface area contributed by atoms with Gasteiger partial charge in [-0.3, -0.25) is 4.21 Å². The van der Waals surface area contributed by atoms with Crippen LogP contribution in [0.2, 0.25) is 0 Å². The number of rotatable bonds is 4. The lowest BCUT2D eigenvalue weighted by molar-refractivity contribution is 0.658. The lowest BCUT2D eigenvalue weighted by atomic mass is 10.0. The van der Waals surface area contributed by atoms with Crippen LogP contribution in [0.3, 0.4) is 0 Å². The van der Waals surface area contributed by atoms with Gasteiger partial charge in [0, 0.05) is 94.2 Å². The second kappa shape index (κ2) is 14.9. The highest BCUT2D eigenvalue weighted by Gasteiger charge is 2.58. The number of nitrogens with zero attached hydrogens (tertiary/aromatic N) is 4. The molecule has 0 saturated heterocycles. The molecule has 0 saturated carbocycles. The summed E-state index contributed by atoms with van der Waals surface area (Å²) < 4.78 is 28.5. The molecule has 18 rings (SSSR count). The molecule has 0 atom stereocenters. The smallest absolute Gasteiger partial charge is 0.0562 e. The Bertz CT molecular complexity index is 5060. The first kappa shape index (κ1) is 42.2. The van der Waals surface area contributed by atoms with Crippen molar-refractivity contribution in [3.8, 4) is 45.0 Å². The van der Waals surface area contributed by atoms with Gasteiger partial charge < -0.3 is 18.3 Å². The molecule has 6 heteroatoms. The number of hydrogen-bond acceptors (Lipinski definition) is 1. The topological polar surface area (TPSA) is 36.8 Å². The van der Waals surface area contributed by atoms with Crippen LogP contribution in [0, 0.1) is 0 Å². The second-order valence-corrected chi connectivity index (χ2v) is 24.7. The third-order valence-corrected chi connectivity index (χ3v) is 22.2. The predicted molar refractivity (Wildman–Crippen MR) is 322 cm³/mol. The maximum atomic E-state index is 18.7. The predicted octanol–water partition coefficient (Wildman–Crippen LogP) is 18.4. The Kier molecular flexibility index (Phi) is 8.06. The Balaban J connectivity index is 1.02. The molecule has 0 bridgehead atoms. The average molecular weight is 1010 g/mol. The maximum Gasteiger partial charge on any atom is 0.0562 e. The highest BCUT2D eigenvalue weighted by molar-refractivity contribution is 8.21. The lowest BCUT2D eigenvalue weighted by Crippen LogP contribution is -2.30. The van der Waals surface area contributed by atoms with Crippen LogP contribution in [-0.4, -0.2) is 22.5 Å². The highest BCUT2D eigenvalue weighted by Crippen LogP contribution is 2.72. The normalized spacial score (nSPS) is 14.5. The standard InChI is InChI=1S/C72H44N4OS/c77-78(67-37-17-11-29-51(67)52-30-12-18-38-68(52)78)69-39-19-35-61(75-59-33-15-9-27-49(59)55-41-53-47-25-7-13-31-57(47)73(63(53)43-65(55)75)45-21-3-1-4-22-45)71(69)72-62(36-20-40-70(72)78)76-60-34-16-10-28-50(60)56-42-54-48-26-8-14-32-58(48)74(64(54)44-66(56)76)46-23-5-2-6-24-46/h1-44H. The van der Waals surface area contributed by atoms with E-state index in [4.69, 9.17) is 0 Å². The number of para-hydroxylation sites is 6. The summed E-state index contributed by atoms with van der Waals surface area (Å²) in [5, 5.41) is 9.46. The summed E-state index contributed by atoms with van der Waals surface area (Å²) >= 11 is 0. The third kappa shape index (κ3) is 5.00. The van der Waals surface area contributed by atoms with E-state index in [0.29, 0.717) is 0 Å². The van der Waals surface area contributed by atoms with Crippen LogP contribution in [-0.2, 0) is 9.07 Å². The third-order valence-electron chi connectivity index (χ3n) is 17.4. The van der Waals surface area contributed by atoms with Crippen molar-refractivity contribution in [3.05, 3.63) is 267 Å².